The van der Waals surface area contributed by atoms with Crippen molar-refractivity contribution in [2.75, 3.05) is 6.54 Å². The Hall–Kier alpha value is -0.780. The molecule has 118 valence electrons. The van der Waals surface area contributed by atoms with Crippen molar-refractivity contribution in [1.82, 2.24) is 5.32 Å². The number of alkyl halides is 3. The molecule has 1 amide bonds. The maximum Gasteiger partial charge on any atom is 0.391 e. The largest absolute Gasteiger partial charge is 0.391 e. The normalized spacial score (nSPS) is 25.6. The predicted octanol–water partition coefficient (Wildman–Crippen LogP) is 2.88. The third kappa shape index (κ3) is 5.69. The minimum atomic E-state index is -4.14. The molecule has 0 aromatic heterocycles. The standard InChI is InChI=1S/C14H24F3NO2/c1-9(2)7-12(19)8-18-13(20)10-3-5-11(6-4-10)14(15,16)17/h9-12,19H,3-8H2,1-2H3,(H,18,20). The van der Waals surface area contributed by atoms with E-state index in [-0.39, 0.29) is 44.1 Å². The fraction of sp³-hybridized carbons (Fsp3) is 0.929. The van der Waals surface area contributed by atoms with Gasteiger partial charge >= 0.3 is 6.18 Å². The van der Waals surface area contributed by atoms with Crippen molar-refractivity contribution in [2.24, 2.45) is 17.8 Å². The van der Waals surface area contributed by atoms with Crippen LogP contribution in [-0.2, 0) is 4.79 Å². The third-order valence-electron chi connectivity index (χ3n) is 3.82. The van der Waals surface area contributed by atoms with Gasteiger partial charge in [0.2, 0.25) is 5.91 Å². The number of carbonyl (C=O) groups excluding carboxylic acids is 1. The molecule has 6 heteroatoms. The molecule has 0 saturated heterocycles. The summed E-state index contributed by atoms with van der Waals surface area (Å²) in [5.41, 5.74) is 0. The summed E-state index contributed by atoms with van der Waals surface area (Å²) in [6, 6.07) is 0. The molecular formula is C14H24F3NO2. The van der Waals surface area contributed by atoms with Gasteiger partial charge in [-0.1, -0.05) is 13.8 Å². The summed E-state index contributed by atoms with van der Waals surface area (Å²) in [6.07, 6.45) is -3.54. The highest BCUT2D eigenvalue weighted by Gasteiger charge is 2.42. The molecule has 1 rings (SSSR count). The van der Waals surface area contributed by atoms with Crippen LogP contribution in [0.15, 0.2) is 0 Å². The van der Waals surface area contributed by atoms with Gasteiger partial charge in [0, 0.05) is 12.5 Å². The van der Waals surface area contributed by atoms with E-state index in [4.69, 9.17) is 0 Å². The van der Waals surface area contributed by atoms with Gasteiger partial charge in [0.15, 0.2) is 0 Å². The van der Waals surface area contributed by atoms with Gasteiger partial charge in [0.1, 0.15) is 0 Å². The number of hydrogen-bond donors (Lipinski definition) is 2. The molecule has 0 bridgehead atoms. The van der Waals surface area contributed by atoms with Crippen molar-refractivity contribution < 1.29 is 23.1 Å². The molecule has 1 atom stereocenters. The summed E-state index contributed by atoms with van der Waals surface area (Å²) in [4.78, 5) is 11.8. The van der Waals surface area contributed by atoms with Crippen LogP contribution in [0.1, 0.15) is 46.0 Å². The zero-order chi connectivity index (χ0) is 15.3. The maximum absolute atomic E-state index is 12.5. The SMILES string of the molecule is CC(C)CC(O)CNC(=O)C1CCC(C(F)(F)F)CC1. The van der Waals surface area contributed by atoms with Crippen LogP contribution in [0.3, 0.4) is 0 Å². The Morgan fingerprint density at radius 2 is 1.80 bits per heavy atom. The van der Waals surface area contributed by atoms with Crippen molar-refractivity contribution in [2.45, 2.75) is 58.2 Å². The summed E-state index contributed by atoms with van der Waals surface area (Å²) < 4.78 is 37.5. The van der Waals surface area contributed by atoms with Crippen LogP contribution < -0.4 is 5.32 Å². The average molecular weight is 295 g/mol. The summed E-state index contributed by atoms with van der Waals surface area (Å²) >= 11 is 0. The minimum absolute atomic E-state index is 0.0239. The fourth-order valence-corrected chi connectivity index (χ4v) is 2.67. The van der Waals surface area contributed by atoms with Crippen LogP contribution in [0.2, 0.25) is 0 Å². The molecule has 1 unspecified atom stereocenters. The Morgan fingerprint density at radius 1 is 1.25 bits per heavy atom. The molecule has 0 spiro atoms. The molecule has 20 heavy (non-hydrogen) atoms. The first-order valence-corrected chi connectivity index (χ1v) is 7.22. The summed E-state index contributed by atoms with van der Waals surface area (Å²) in [5, 5.41) is 12.3. The van der Waals surface area contributed by atoms with Crippen molar-refractivity contribution in [1.29, 1.82) is 0 Å². The monoisotopic (exact) mass is 295 g/mol. The number of amides is 1. The highest BCUT2D eigenvalue weighted by atomic mass is 19.4. The van der Waals surface area contributed by atoms with Gasteiger partial charge in [-0.25, -0.2) is 0 Å². The van der Waals surface area contributed by atoms with Crippen molar-refractivity contribution in [3.05, 3.63) is 0 Å². The van der Waals surface area contributed by atoms with E-state index < -0.39 is 18.2 Å². The molecule has 0 radical (unpaired) electrons. The highest BCUT2D eigenvalue weighted by Crippen LogP contribution is 2.39. The van der Waals surface area contributed by atoms with Gasteiger partial charge < -0.3 is 10.4 Å². The topological polar surface area (TPSA) is 49.3 Å². The molecule has 3 nitrogen and oxygen atoms in total. The molecule has 0 aliphatic heterocycles. The van der Waals surface area contributed by atoms with Gasteiger partial charge in [0.05, 0.1) is 12.0 Å². The third-order valence-corrected chi connectivity index (χ3v) is 3.82. The minimum Gasteiger partial charge on any atom is -0.391 e. The number of aliphatic hydroxyl groups excluding tert-OH is 1. The van der Waals surface area contributed by atoms with Crippen molar-refractivity contribution in [3.63, 3.8) is 0 Å². The van der Waals surface area contributed by atoms with Gasteiger partial charge in [0.25, 0.3) is 0 Å². The number of carbonyl (C=O) groups is 1. The number of hydrogen-bond acceptors (Lipinski definition) is 2. The zero-order valence-corrected chi connectivity index (χ0v) is 12.0. The average Bonchev–Trinajstić information content (AvgIpc) is 2.34. The number of nitrogens with one attached hydrogen (secondary N) is 1. The fourth-order valence-electron chi connectivity index (χ4n) is 2.67. The van der Waals surface area contributed by atoms with Crippen molar-refractivity contribution >= 4 is 5.91 Å². The van der Waals surface area contributed by atoms with Crippen LogP contribution in [0.5, 0.6) is 0 Å². The lowest BCUT2D eigenvalue weighted by molar-refractivity contribution is -0.184. The van der Waals surface area contributed by atoms with Crippen LogP contribution in [0, 0.1) is 17.8 Å². The summed E-state index contributed by atoms with van der Waals surface area (Å²) in [5.74, 6) is -1.50. The number of rotatable bonds is 5. The zero-order valence-electron chi connectivity index (χ0n) is 12.0. The molecule has 1 saturated carbocycles. The Kier molecular flexibility index (Phi) is 6.30. The van der Waals surface area contributed by atoms with E-state index >= 15 is 0 Å². The quantitative estimate of drug-likeness (QED) is 0.819. The molecule has 1 aliphatic carbocycles. The summed E-state index contributed by atoms with van der Waals surface area (Å²) in [6.45, 7) is 4.13. The van der Waals surface area contributed by atoms with Crippen LogP contribution in [-0.4, -0.2) is 29.8 Å². The van der Waals surface area contributed by atoms with E-state index in [0.717, 1.165) is 0 Å². The smallest absolute Gasteiger partial charge is 0.391 e. The number of halogens is 3. The Balaban J connectivity index is 2.29. The van der Waals surface area contributed by atoms with Crippen LogP contribution >= 0.6 is 0 Å². The first kappa shape index (κ1) is 17.3. The number of aliphatic hydroxyl groups is 1. The van der Waals surface area contributed by atoms with Gasteiger partial charge in [-0.15, -0.1) is 0 Å². The first-order valence-electron chi connectivity index (χ1n) is 7.22. The lowest BCUT2D eigenvalue weighted by Gasteiger charge is -2.29. The van der Waals surface area contributed by atoms with Crippen LogP contribution in [0.4, 0.5) is 13.2 Å². The second-order valence-electron chi connectivity index (χ2n) is 6.12. The van der Waals surface area contributed by atoms with E-state index in [9.17, 15) is 23.1 Å². The molecule has 0 aromatic rings. The highest BCUT2D eigenvalue weighted by molar-refractivity contribution is 5.78. The second kappa shape index (κ2) is 7.29. The predicted molar refractivity (Wildman–Crippen MR) is 70.0 cm³/mol. The van der Waals surface area contributed by atoms with Gasteiger partial charge in [-0.05, 0) is 38.0 Å². The molecule has 2 N–H and O–H groups in total. The van der Waals surface area contributed by atoms with E-state index in [1.165, 1.54) is 0 Å². The van der Waals surface area contributed by atoms with Gasteiger partial charge in [-0.3, -0.25) is 4.79 Å². The molecule has 1 fully saturated rings. The Bertz CT molecular complexity index is 310. The second-order valence-corrected chi connectivity index (χ2v) is 6.12. The molecular weight excluding hydrogens is 271 g/mol. The summed E-state index contributed by atoms with van der Waals surface area (Å²) in [7, 11) is 0. The maximum atomic E-state index is 12.5. The Morgan fingerprint density at radius 3 is 2.25 bits per heavy atom. The Labute approximate surface area is 117 Å². The van der Waals surface area contributed by atoms with Gasteiger partial charge in [-0.2, -0.15) is 13.2 Å². The van der Waals surface area contributed by atoms with Crippen LogP contribution in [0.25, 0.3) is 0 Å². The molecule has 1 aliphatic rings. The van der Waals surface area contributed by atoms with E-state index in [1.807, 2.05) is 13.8 Å². The van der Waals surface area contributed by atoms with Crippen molar-refractivity contribution in [3.8, 4) is 0 Å². The molecule has 0 aromatic carbocycles. The lowest BCUT2D eigenvalue weighted by Crippen LogP contribution is -2.39. The van der Waals surface area contributed by atoms with E-state index in [0.29, 0.717) is 12.3 Å². The molecule has 0 heterocycles. The lowest BCUT2D eigenvalue weighted by atomic mass is 9.81. The first-order chi connectivity index (χ1) is 9.20. The van der Waals surface area contributed by atoms with E-state index in [1.54, 1.807) is 0 Å². The van der Waals surface area contributed by atoms with E-state index in [2.05, 4.69) is 5.32 Å².